The third-order valence-electron chi connectivity index (χ3n) is 6.71. The first kappa shape index (κ1) is 26.4. The van der Waals surface area contributed by atoms with E-state index < -0.39 is 0 Å². The first-order valence-electron chi connectivity index (χ1n) is 12.9. The molecule has 38 heavy (non-hydrogen) atoms. The Balaban J connectivity index is 1.47. The van der Waals surface area contributed by atoms with Gasteiger partial charge in [-0.1, -0.05) is 48.2 Å². The standard InChI is InChI=1S/C28H31N5O3S2/c1-3-36-17-7-12-32-27(35)23(38-28(32)37)18-22-25(29-24-11-10-20(2)19-33(24)26(22)34)31-15-13-30(14-16-31)21-8-5-4-6-9-21/h4-6,8-11,18-19H,3,7,12-17H2,1-2H3. The summed E-state index contributed by atoms with van der Waals surface area (Å²) in [6, 6.07) is 14.1. The zero-order chi connectivity index (χ0) is 26.6. The van der Waals surface area contributed by atoms with E-state index >= 15 is 0 Å². The molecule has 1 aromatic carbocycles. The number of aromatic nitrogens is 2. The van der Waals surface area contributed by atoms with Crippen LogP contribution in [-0.2, 0) is 9.53 Å². The van der Waals surface area contributed by atoms with Crippen molar-refractivity contribution < 1.29 is 9.53 Å². The first-order chi connectivity index (χ1) is 18.5. The average Bonchev–Trinajstić information content (AvgIpc) is 3.20. The minimum Gasteiger partial charge on any atom is -0.382 e. The molecule has 2 aliphatic rings. The van der Waals surface area contributed by atoms with Crippen LogP contribution in [0.4, 0.5) is 11.5 Å². The SMILES string of the molecule is CCOCCCN1C(=O)C(=Cc2c(N3CCN(c4ccccc4)CC3)nc3ccc(C)cn3c2=O)SC1=S. The number of piperazine rings is 1. The van der Waals surface area contributed by atoms with Crippen LogP contribution >= 0.6 is 24.0 Å². The highest BCUT2D eigenvalue weighted by atomic mass is 32.2. The summed E-state index contributed by atoms with van der Waals surface area (Å²) in [5, 5.41) is 0. The van der Waals surface area contributed by atoms with E-state index in [-0.39, 0.29) is 11.5 Å². The number of amides is 1. The van der Waals surface area contributed by atoms with Gasteiger partial charge in [0, 0.05) is 57.8 Å². The summed E-state index contributed by atoms with van der Waals surface area (Å²) in [7, 11) is 0. The lowest BCUT2D eigenvalue weighted by atomic mass is 10.2. The fourth-order valence-corrected chi connectivity index (χ4v) is 6.01. The lowest BCUT2D eigenvalue weighted by Crippen LogP contribution is -2.47. The molecule has 0 atom stereocenters. The Hall–Kier alpha value is -3.21. The van der Waals surface area contributed by atoms with Crippen molar-refractivity contribution in [3.8, 4) is 0 Å². The Labute approximate surface area is 231 Å². The molecule has 2 aromatic heterocycles. The van der Waals surface area contributed by atoms with Crippen LogP contribution in [0.5, 0.6) is 0 Å². The molecular weight excluding hydrogens is 518 g/mol. The molecule has 0 unspecified atom stereocenters. The zero-order valence-corrected chi connectivity index (χ0v) is 23.3. The van der Waals surface area contributed by atoms with E-state index in [0.717, 1.165) is 18.7 Å². The van der Waals surface area contributed by atoms with E-state index in [9.17, 15) is 9.59 Å². The monoisotopic (exact) mass is 549 g/mol. The Morgan fingerprint density at radius 2 is 1.79 bits per heavy atom. The summed E-state index contributed by atoms with van der Waals surface area (Å²) in [6.07, 6.45) is 4.17. The number of thiocarbonyl (C=S) groups is 1. The van der Waals surface area contributed by atoms with Gasteiger partial charge in [0.25, 0.3) is 11.5 Å². The van der Waals surface area contributed by atoms with Gasteiger partial charge in [-0.3, -0.25) is 18.9 Å². The van der Waals surface area contributed by atoms with E-state index in [0.29, 0.717) is 65.5 Å². The number of para-hydroxylation sites is 1. The van der Waals surface area contributed by atoms with Gasteiger partial charge in [-0.2, -0.15) is 0 Å². The van der Waals surface area contributed by atoms with Crippen LogP contribution in [-0.4, -0.2) is 70.4 Å². The number of aryl methyl sites for hydroxylation is 1. The third kappa shape index (κ3) is 5.48. The molecule has 1 amide bonds. The number of ether oxygens (including phenoxy) is 1. The molecule has 0 N–H and O–H groups in total. The Bertz CT molecular complexity index is 1430. The molecule has 10 heteroatoms. The van der Waals surface area contributed by atoms with Gasteiger partial charge in [0.05, 0.1) is 10.5 Å². The van der Waals surface area contributed by atoms with Crippen molar-refractivity contribution in [2.24, 2.45) is 0 Å². The predicted molar refractivity (Wildman–Crippen MR) is 158 cm³/mol. The molecule has 2 fully saturated rings. The Morgan fingerprint density at radius 3 is 2.53 bits per heavy atom. The van der Waals surface area contributed by atoms with Crippen molar-refractivity contribution in [2.75, 3.05) is 55.7 Å². The first-order valence-corrected chi connectivity index (χ1v) is 14.1. The van der Waals surface area contributed by atoms with E-state index in [2.05, 4.69) is 21.9 Å². The highest BCUT2D eigenvalue weighted by Gasteiger charge is 2.33. The van der Waals surface area contributed by atoms with Crippen LogP contribution in [0.2, 0.25) is 0 Å². The molecule has 8 nitrogen and oxygen atoms in total. The molecule has 0 radical (unpaired) electrons. The number of thioether (sulfide) groups is 1. The van der Waals surface area contributed by atoms with Crippen LogP contribution in [0.3, 0.4) is 0 Å². The lowest BCUT2D eigenvalue weighted by molar-refractivity contribution is -0.122. The lowest BCUT2D eigenvalue weighted by Gasteiger charge is -2.37. The second kappa shape index (κ2) is 11.7. The van der Waals surface area contributed by atoms with Gasteiger partial charge in [-0.25, -0.2) is 4.98 Å². The second-order valence-corrected chi connectivity index (χ2v) is 11.0. The quantitative estimate of drug-likeness (QED) is 0.238. The van der Waals surface area contributed by atoms with Crippen LogP contribution in [0, 0.1) is 6.92 Å². The number of benzene rings is 1. The van der Waals surface area contributed by atoms with Crippen molar-refractivity contribution in [3.63, 3.8) is 0 Å². The molecule has 2 aliphatic heterocycles. The molecular formula is C28H31N5O3S2. The maximum Gasteiger partial charge on any atom is 0.267 e. The largest absolute Gasteiger partial charge is 0.382 e. The summed E-state index contributed by atoms with van der Waals surface area (Å²) in [5.41, 5.74) is 2.94. The number of carbonyl (C=O) groups excluding carboxylic acids is 1. The molecule has 198 valence electrons. The summed E-state index contributed by atoms with van der Waals surface area (Å²) in [4.78, 5) is 38.5. The zero-order valence-electron chi connectivity index (χ0n) is 21.6. The highest BCUT2D eigenvalue weighted by Crippen LogP contribution is 2.34. The fourth-order valence-electron chi connectivity index (χ4n) is 4.72. The van der Waals surface area contributed by atoms with E-state index in [4.69, 9.17) is 21.9 Å². The number of pyridine rings is 1. The number of fused-ring (bicyclic) bond motifs is 1. The van der Waals surface area contributed by atoms with Crippen molar-refractivity contribution in [1.82, 2.24) is 14.3 Å². The molecule has 0 aliphatic carbocycles. The van der Waals surface area contributed by atoms with Crippen LogP contribution in [0.25, 0.3) is 11.7 Å². The number of carbonyl (C=O) groups is 1. The van der Waals surface area contributed by atoms with Crippen LogP contribution in [0.1, 0.15) is 24.5 Å². The van der Waals surface area contributed by atoms with Gasteiger partial charge in [-0.15, -0.1) is 0 Å². The van der Waals surface area contributed by atoms with Crippen molar-refractivity contribution in [3.05, 3.63) is 75.0 Å². The molecule has 4 heterocycles. The molecule has 3 aromatic rings. The molecule has 5 rings (SSSR count). The predicted octanol–water partition coefficient (Wildman–Crippen LogP) is 3.96. The van der Waals surface area contributed by atoms with Crippen LogP contribution < -0.4 is 15.4 Å². The smallest absolute Gasteiger partial charge is 0.267 e. The van der Waals surface area contributed by atoms with E-state index in [1.807, 2.05) is 44.2 Å². The minimum absolute atomic E-state index is 0.176. The molecule has 2 saturated heterocycles. The summed E-state index contributed by atoms with van der Waals surface area (Å²) in [6.45, 7) is 8.62. The summed E-state index contributed by atoms with van der Waals surface area (Å²) in [5.74, 6) is 0.429. The van der Waals surface area contributed by atoms with Crippen molar-refractivity contribution in [1.29, 1.82) is 0 Å². The summed E-state index contributed by atoms with van der Waals surface area (Å²) < 4.78 is 7.47. The Kier molecular flexibility index (Phi) is 8.11. The molecule has 0 saturated carbocycles. The van der Waals surface area contributed by atoms with Gasteiger partial charge in [-0.05, 0) is 50.1 Å². The maximum atomic E-state index is 13.8. The van der Waals surface area contributed by atoms with Gasteiger partial charge in [0.15, 0.2) is 0 Å². The maximum absolute atomic E-state index is 13.8. The van der Waals surface area contributed by atoms with E-state index in [1.165, 1.54) is 17.4 Å². The summed E-state index contributed by atoms with van der Waals surface area (Å²) >= 11 is 6.74. The number of rotatable bonds is 8. The van der Waals surface area contributed by atoms with Gasteiger partial charge >= 0.3 is 0 Å². The van der Waals surface area contributed by atoms with Crippen LogP contribution in [0.15, 0.2) is 58.4 Å². The molecule has 0 bridgehead atoms. The third-order valence-corrected chi connectivity index (χ3v) is 8.09. The minimum atomic E-state index is -0.194. The number of anilines is 2. The average molecular weight is 550 g/mol. The number of nitrogens with zero attached hydrogens (tertiary/aromatic N) is 5. The molecule has 0 spiro atoms. The highest BCUT2D eigenvalue weighted by molar-refractivity contribution is 8.26. The fraction of sp³-hybridized carbons (Fsp3) is 0.357. The normalized spacial score (nSPS) is 17.3. The van der Waals surface area contributed by atoms with E-state index in [1.54, 1.807) is 21.6 Å². The van der Waals surface area contributed by atoms with Gasteiger partial charge < -0.3 is 14.5 Å². The number of hydrogen-bond donors (Lipinski definition) is 0. The topological polar surface area (TPSA) is 70.4 Å². The Morgan fingerprint density at radius 1 is 1.05 bits per heavy atom. The van der Waals surface area contributed by atoms with Gasteiger partial charge in [0.1, 0.15) is 15.8 Å². The second-order valence-electron chi connectivity index (χ2n) is 9.28. The van der Waals surface area contributed by atoms with Gasteiger partial charge in [0.2, 0.25) is 0 Å². The van der Waals surface area contributed by atoms with Crippen molar-refractivity contribution in [2.45, 2.75) is 20.3 Å². The number of hydrogen-bond acceptors (Lipinski definition) is 8. The van der Waals surface area contributed by atoms with Crippen molar-refractivity contribution >= 4 is 57.4 Å².